The van der Waals surface area contributed by atoms with Gasteiger partial charge in [-0.3, -0.25) is 9.97 Å². The average molecular weight is 395 g/mol. The second-order valence-corrected chi connectivity index (χ2v) is 12.5. The van der Waals surface area contributed by atoms with Gasteiger partial charge in [-0.25, -0.2) is 0 Å². The van der Waals surface area contributed by atoms with Crippen molar-refractivity contribution < 1.29 is 0 Å². The molecule has 0 aliphatic heterocycles. The molecule has 2 nitrogen and oxygen atoms in total. The molecule has 152 valence electrons. The molecule has 0 unspecified atom stereocenters. The maximum atomic E-state index is 4.62. The number of nitrogens with zero attached hydrogens (tertiary/aromatic N) is 2. The molecule has 0 N–H and O–H groups in total. The topological polar surface area (TPSA) is 25.8 Å². The Morgan fingerprint density at radius 2 is 1.20 bits per heavy atom. The second kappa shape index (κ2) is 4.57. The van der Waals surface area contributed by atoms with E-state index in [0.29, 0.717) is 22.7 Å². The summed E-state index contributed by atoms with van der Waals surface area (Å²) in [5.74, 6) is 9.34. The molecule has 2 heteroatoms. The van der Waals surface area contributed by atoms with E-state index in [1.54, 1.807) is 30.4 Å². The van der Waals surface area contributed by atoms with Crippen molar-refractivity contribution in [2.45, 2.75) is 51.4 Å². The van der Waals surface area contributed by atoms with Crippen LogP contribution in [0.25, 0.3) is 11.1 Å². The molecule has 4 bridgehead atoms. The van der Waals surface area contributed by atoms with E-state index in [-0.39, 0.29) is 0 Å². The smallest absolute Gasteiger partial charge is 0.0309 e. The monoisotopic (exact) mass is 394 g/mol. The zero-order valence-electron chi connectivity index (χ0n) is 18.0. The predicted molar refractivity (Wildman–Crippen MR) is 116 cm³/mol. The lowest BCUT2D eigenvalue weighted by atomic mass is 9.19. The number of fused-ring (bicyclic) bond motifs is 23. The van der Waals surface area contributed by atoms with Gasteiger partial charge in [0.05, 0.1) is 0 Å². The molecule has 6 saturated carbocycles. The van der Waals surface area contributed by atoms with Crippen LogP contribution in [0.3, 0.4) is 0 Å². The molecule has 30 heavy (non-hydrogen) atoms. The summed E-state index contributed by atoms with van der Waals surface area (Å²) in [6.45, 7) is 5.52. The summed E-state index contributed by atoms with van der Waals surface area (Å²) in [6, 6.07) is 4.55. The molecule has 6 fully saturated rings. The van der Waals surface area contributed by atoms with Crippen LogP contribution in [0.15, 0.2) is 36.9 Å². The minimum atomic E-state index is 0.629. The quantitative estimate of drug-likeness (QED) is 0.519. The predicted octanol–water partition coefficient (Wildman–Crippen LogP) is 5.91. The summed E-state index contributed by atoms with van der Waals surface area (Å²) in [7, 11) is 0. The van der Waals surface area contributed by atoms with Gasteiger partial charge >= 0.3 is 0 Å². The second-order valence-electron chi connectivity index (χ2n) is 12.5. The van der Waals surface area contributed by atoms with Crippen molar-refractivity contribution in [1.82, 2.24) is 9.97 Å². The molecule has 2 aromatic heterocycles. The molecule has 0 radical (unpaired) electrons. The summed E-state index contributed by atoms with van der Waals surface area (Å²) in [4.78, 5) is 9.25. The first-order valence-electron chi connectivity index (χ1n) is 12.5. The van der Waals surface area contributed by atoms with Crippen molar-refractivity contribution in [3.05, 3.63) is 48.0 Å². The van der Waals surface area contributed by atoms with Crippen LogP contribution < -0.4 is 0 Å². The normalized spacial score (nSPS) is 56.7. The summed E-state index contributed by atoms with van der Waals surface area (Å²) in [5.41, 5.74) is 7.29. The van der Waals surface area contributed by atoms with Crippen LogP contribution in [-0.2, 0) is 0 Å². The van der Waals surface area contributed by atoms with Gasteiger partial charge in [0.2, 0.25) is 0 Å². The average Bonchev–Trinajstić information content (AvgIpc) is 3.55. The van der Waals surface area contributed by atoms with Crippen LogP contribution in [0.2, 0.25) is 0 Å². The minimum absolute atomic E-state index is 0.629. The first-order chi connectivity index (χ1) is 14.7. The molecule has 0 saturated heterocycles. The molecule has 0 spiro atoms. The van der Waals surface area contributed by atoms with E-state index < -0.39 is 0 Å². The van der Waals surface area contributed by atoms with E-state index in [1.165, 1.54) is 17.5 Å². The van der Waals surface area contributed by atoms with Gasteiger partial charge in [0.15, 0.2) is 0 Å². The lowest BCUT2D eigenvalue weighted by molar-refractivity contribution is -0.376. The molecule has 9 rings (SSSR count). The Labute approximate surface area is 178 Å². The molecule has 0 amide bonds. The lowest BCUT2D eigenvalue weighted by Crippen LogP contribution is -2.81. The Bertz CT molecular complexity index is 1050. The highest BCUT2D eigenvalue weighted by molar-refractivity contribution is 5.75. The third-order valence-corrected chi connectivity index (χ3v) is 12.7. The van der Waals surface area contributed by atoms with Crippen molar-refractivity contribution >= 4 is 0 Å². The van der Waals surface area contributed by atoms with Crippen molar-refractivity contribution in [2.75, 3.05) is 0 Å². The Kier molecular flexibility index (Phi) is 2.44. The van der Waals surface area contributed by atoms with Gasteiger partial charge in [0.25, 0.3) is 0 Å². The highest BCUT2D eigenvalue weighted by Crippen LogP contribution is 2.94. The highest BCUT2D eigenvalue weighted by Gasteiger charge is 2.89. The largest absolute Gasteiger partial charge is 0.264 e. The molecule has 7 aliphatic rings. The van der Waals surface area contributed by atoms with Crippen LogP contribution in [0, 0.1) is 58.2 Å². The van der Waals surface area contributed by atoms with E-state index in [4.69, 9.17) is 0 Å². The number of rotatable bonds is 0. The minimum Gasteiger partial charge on any atom is -0.264 e. The highest BCUT2D eigenvalue weighted by atomic mass is 14.9. The van der Waals surface area contributed by atoms with Crippen LogP contribution in [-0.4, -0.2) is 9.97 Å². The standard InChI is InChI=1S/C28H30N2/c1-27-23-13-3-4-14(9-13)24(23)28(27,2)26-18-10-17(25(26)27)21-19-11-29-7-5-15(19)16-6-8-30-12-20(16)22(18)21/h5-8,11-14,17-18,21-26H,3-4,9-10H2,1-2H3/t13-,14+,17-,18+,21-,22+,23+,24-,25-,26+,27+,28-. The van der Waals surface area contributed by atoms with Crippen LogP contribution in [0.5, 0.6) is 0 Å². The lowest BCUT2D eigenvalue weighted by Gasteiger charge is -2.85. The summed E-state index contributed by atoms with van der Waals surface area (Å²) >= 11 is 0. The van der Waals surface area contributed by atoms with Gasteiger partial charge in [0.1, 0.15) is 0 Å². The van der Waals surface area contributed by atoms with E-state index in [0.717, 1.165) is 47.3 Å². The van der Waals surface area contributed by atoms with Crippen molar-refractivity contribution in [2.24, 2.45) is 58.2 Å². The summed E-state index contributed by atoms with van der Waals surface area (Å²) in [5, 5.41) is 0. The van der Waals surface area contributed by atoms with E-state index in [2.05, 4.69) is 48.3 Å². The molecule has 2 aromatic rings. The molecular weight excluding hydrogens is 364 g/mol. The molecular formula is C28H30N2. The number of hydrogen-bond acceptors (Lipinski definition) is 2. The van der Waals surface area contributed by atoms with Crippen molar-refractivity contribution in [3.8, 4) is 11.1 Å². The van der Waals surface area contributed by atoms with Crippen molar-refractivity contribution in [1.29, 1.82) is 0 Å². The SMILES string of the molecule is C[C@]12[C@@H]3[C@@H]4C[C@@H]([C@H]5c6cnccc6-c6ccncc6[C@@H]45)[C@@H]3[C@@]1(C)[C@@H]1[C@H]3CC[C@H](C3)[C@@H]12. The maximum absolute atomic E-state index is 4.62. The molecule has 2 heterocycles. The van der Waals surface area contributed by atoms with Crippen LogP contribution in [0.4, 0.5) is 0 Å². The van der Waals surface area contributed by atoms with Gasteiger partial charge in [-0.1, -0.05) is 13.8 Å². The first kappa shape index (κ1) is 16.0. The van der Waals surface area contributed by atoms with Gasteiger partial charge in [-0.15, -0.1) is 0 Å². The van der Waals surface area contributed by atoms with Gasteiger partial charge in [-0.05, 0) is 130 Å². The van der Waals surface area contributed by atoms with Crippen LogP contribution >= 0.6 is 0 Å². The fourth-order valence-electron chi connectivity index (χ4n) is 12.4. The Morgan fingerprint density at radius 3 is 1.70 bits per heavy atom. The number of hydrogen-bond donors (Lipinski definition) is 0. The Hall–Kier alpha value is -1.70. The Morgan fingerprint density at radius 1 is 0.700 bits per heavy atom. The fourth-order valence-corrected chi connectivity index (χ4v) is 12.4. The number of pyridine rings is 2. The van der Waals surface area contributed by atoms with E-state index in [1.807, 2.05) is 12.4 Å². The zero-order valence-corrected chi connectivity index (χ0v) is 18.0. The van der Waals surface area contributed by atoms with E-state index in [9.17, 15) is 0 Å². The van der Waals surface area contributed by atoms with Gasteiger partial charge in [-0.2, -0.15) is 0 Å². The first-order valence-corrected chi connectivity index (χ1v) is 12.5. The van der Waals surface area contributed by atoms with Gasteiger partial charge in [0, 0.05) is 24.8 Å². The zero-order chi connectivity index (χ0) is 19.6. The maximum Gasteiger partial charge on any atom is 0.0309 e. The molecule has 7 aliphatic carbocycles. The summed E-state index contributed by atoms with van der Waals surface area (Å²) < 4.78 is 0. The third-order valence-electron chi connectivity index (χ3n) is 12.7. The Balaban J connectivity index is 1.24. The molecule has 0 aromatic carbocycles. The summed E-state index contributed by atoms with van der Waals surface area (Å²) in [6.07, 6.45) is 14.6. The third kappa shape index (κ3) is 1.29. The molecule has 12 atom stereocenters. The van der Waals surface area contributed by atoms with E-state index >= 15 is 0 Å². The fraction of sp³-hybridized carbons (Fsp3) is 0.643. The van der Waals surface area contributed by atoms with Crippen molar-refractivity contribution in [3.63, 3.8) is 0 Å². The number of aromatic nitrogens is 2. The van der Waals surface area contributed by atoms with Gasteiger partial charge < -0.3 is 0 Å². The van der Waals surface area contributed by atoms with Crippen LogP contribution in [0.1, 0.15) is 62.5 Å².